The minimum Gasteiger partial charge on any atom is -0.369 e. The third kappa shape index (κ3) is 3.93. The lowest BCUT2D eigenvalue weighted by Crippen LogP contribution is -3.12. The molecule has 2 atom stereocenters. The molecule has 0 radical (unpaired) electrons. The first-order valence-corrected chi connectivity index (χ1v) is 9.53. The van der Waals surface area contributed by atoms with Crippen molar-refractivity contribution in [1.29, 1.82) is 0 Å². The SMILES string of the molecule is NC(=O)[C@@H]1CCC[NH+](Cc2cn(-c3ccccc3)nc2-c2ccccc2)C1. The predicted molar refractivity (Wildman–Crippen MR) is 105 cm³/mol. The van der Waals surface area contributed by atoms with Crippen LogP contribution >= 0.6 is 0 Å². The van der Waals surface area contributed by atoms with Crippen molar-refractivity contribution < 1.29 is 9.69 Å². The Balaban J connectivity index is 1.66. The van der Waals surface area contributed by atoms with Crippen molar-refractivity contribution in [3.8, 4) is 16.9 Å². The van der Waals surface area contributed by atoms with Crippen LogP contribution in [0.3, 0.4) is 0 Å². The zero-order valence-electron chi connectivity index (χ0n) is 15.3. The van der Waals surface area contributed by atoms with Crippen molar-refractivity contribution in [2.24, 2.45) is 11.7 Å². The van der Waals surface area contributed by atoms with E-state index in [4.69, 9.17) is 10.8 Å². The van der Waals surface area contributed by atoms with Crippen LogP contribution in [-0.2, 0) is 11.3 Å². The second-order valence-corrected chi connectivity index (χ2v) is 7.27. The highest BCUT2D eigenvalue weighted by Gasteiger charge is 2.28. The van der Waals surface area contributed by atoms with E-state index in [0.29, 0.717) is 0 Å². The van der Waals surface area contributed by atoms with E-state index in [1.165, 1.54) is 10.5 Å². The first-order valence-electron chi connectivity index (χ1n) is 9.53. The second-order valence-electron chi connectivity index (χ2n) is 7.27. The highest BCUT2D eigenvalue weighted by Crippen LogP contribution is 2.23. The number of aromatic nitrogens is 2. The zero-order valence-corrected chi connectivity index (χ0v) is 15.3. The number of nitrogens with one attached hydrogen (secondary N) is 1. The summed E-state index contributed by atoms with van der Waals surface area (Å²) in [5, 5.41) is 4.88. The van der Waals surface area contributed by atoms with Gasteiger partial charge in [-0.25, -0.2) is 4.68 Å². The average Bonchev–Trinajstić information content (AvgIpc) is 3.13. The summed E-state index contributed by atoms with van der Waals surface area (Å²) in [4.78, 5) is 13.0. The van der Waals surface area contributed by atoms with Gasteiger partial charge in [-0.05, 0) is 25.0 Å². The number of rotatable bonds is 5. The van der Waals surface area contributed by atoms with E-state index in [9.17, 15) is 4.79 Å². The number of nitrogens with two attached hydrogens (primary N) is 1. The molecular formula is C22H25N4O+. The fraction of sp³-hybridized carbons (Fsp3) is 0.273. The van der Waals surface area contributed by atoms with Crippen molar-refractivity contribution in [3.05, 3.63) is 72.4 Å². The number of benzene rings is 2. The molecule has 3 aromatic rings. The number of likely N-dealkylation sites (tertiary alicyclic amines) is 1. The standard InChI is InChI=1S/C22H24N4O/c23-22(27)18-10-7-13-25(14-18)15-19-16-26(20-11-5-2-6-12-20)24-21(19)17-8-3-1-4-9-17/h1-6,8-9,11-12,16,18H,7,10,13-15H2,(H2,23,27)/p+1/t18-/m1/s1. The minimum atomic E-state index is -0.171. The normalized spacial score (nSPS) is 19.7. The van der Waals surface area contributed by atoms with Gasteiger partial charge in [0.05, 0.1) is 30.3 Å². The molecule has 27 heavy (non-hydrogen) atoms. The Bertz CT molecular complexity index is 905. The molecule has 2 aromatic carbocycles. The van der Waals surface area contributed by atoms with Gasteiger partial charge in [0.2, 0.25) is 5.91 Å². The van der Waals surface area contributed by atoms with Gasteiger partial charge in [0.15, 0.2) is 0 Å². The first-order chi connectivity index (χ1) is 13.2. The number of hydrogen-bond donors (Lipinski definition) is 2. The molecule has 1 fully saturated rings. The van der Waals surface area contributed by atoms with Crippen LogP contribution in [0.4, 0.5) is 0 Å². The van der Waals surface area contributed by atoms with Crippen LogP contribution in [0.25, 0.3) is 16.9 Å². The van der Waals surface area contributed by atoms with E-state index in [1.807, 2.05) is 41.1 Å². The molecule has 4 rings (SSSR count). The number of amides is 1. The molecule has 1 aliphatic heterocycles. The van der Waals surface area contributed by atoms with Gasteiger partial charge < -0.3 is 10.6 Å². The lowest BCUT2D eigenvalue weighted by Gasteiger charge is -2.28. The van der Waals surface area contributed by atoms with Crippen LogP contribution in [0.15, 0.2) is 66.9 Å². The molecule has 138 valence electrons. The van der Waals surface area contributed by atoms with Crippen molar-refractivity contribution in [2.45, 2.75) is 19.4 Å². The van der Waals surface area contributed by atoms with Crippen LogP contribution in [0.1, 0.15) is 18.4 Å². The number of para-hydroxylation sites is 1. The highest BCUT2D eigenvalue weighted by molar-refractivity contribution is 5.76. The summed E-state index contributed by atoms with van der Waals surface area (Å²) in [6.07, 6.45) is 4.07. The smallest absolute Gasteiger partial charge is 0.226 e. The van der Waals surface area contributed by atoms with Crippen LogP contribution in [0.5, 0.6) is 0 Å². The van der Waals surface area contributed by atoms with Gasteiger partial charge >= 0.3 is 0 Å². The van der Waals surface area contributed by atoms with Gasteiger partial charge in [-0.3, -0.25) is 4.79 Å². The molecule has 0 bridgehead atoms. The minimum absolute atomic E-state index is 0.0157. The maximum Gasteiger partial charge on any atom is 0.226 e. The summed E-state index contributed by atoms with van der Waals surface area (Å²) in [7, 11) is 0. The molecule has 1 unspecified atom stereocenters. The molecule has 0 aliphatic carbocycles. The van der Waals surface area contributed by atoms with E-state index >= 15 is 0 Å². The summed E-state index contributed by atoms with van der Waals surface area (Å²) in [5.41, 5.74) is 9.92. The van der Waals surface area contributed by atoms with Gasteiger partial charge in [-0.1, -0.05) is 48.5 Å². The van der Waals surface area contributed by atoms with Gasteiger partial charge in [0.1, 0.15) is 12.2 Å². The molecule has 1 saturated heterocycles. The van der Waals surface area contributed by atoms with Gasteiger partial charge in [-0.15, -0.1) is 0 Å². The van der Waals surface area contributed by atoms with Gasteiger partial charge in [0.25, 0.3) is 0 Å². The Morgan fingerprint density at radius 3 is 2.52 bits per heavy atom. The topological polar surface area (TPSA) is 65.3 Å². The molecular weight excluding hydrogens is 336 g/mol. The zero-order chi connectivity index (χ0) is 18.6. The molecule has 1 aliphatic rings. The molecule has 3 N–H and O–H groups in total. The molecule has 1 amide bonds. The lowest BCUT2D eigenvalue weighted by atomic mass is 9.97. The Kier molecular flexibility index (Phi) is 5.03. The third-order valence-corrected chi connectivity index (χ3v) is 5.32. The quantitative estimate of drug-likeness (QED) is 0.728. The number of piperidine rings is 1. The largest absolute Gasteiger partial charge is 0.369 e. The van der Waals surface area contributed by atoms with E-state index in [2.05, 4.69) is 30.5 Å². The van der Waals surface area contributed by atoms with Crippen molar-refractivity contribution in [3.63, 3.8) is 0 Å². The number of nitrogens with zero attached hydrogens (tertiary/aromatic N) is 2. The van der Waals surface area contributed by atoms with E-state index in [0.717, 1.165) is 49.4 Å². The van der Waals surface area contributed by atoms with Crippen molar-refractivity contribution in [2.75, 3.05) is 13.1 Å². The lowest BCUT2D eigenvalue weighted by molar-refractivity contribution is -0.921. The van der Waals surface area contributed by atoms with Crippen molar-refractivity contribution >= 4 is 5.91 Å². The Morgan fingerprint density at radius 2 is 1.81 bits per heavy atom. The summed E-state index contributed by atoms with van der Waals surface area (Å²) >= 11 is 0. The van der Waals surface area contributed by atoms with E-state index < -0.39 is 0 Å². The number of carbonyl (C=O) groups is 1. The number of quaternary nitrogens is 1. The highest BCUT2D eigenvalue weighted by atomic mass is 16.1. The fourth-order valence-electron chi connectivity index (χ4n) is 3.91. The van der Waals surface area contributed by atoms with E-state index in [1.54, 1.807) is 0 Å². The molecule has 2 heterocycles. The van der Waals surface area contributed by atoms with Crippen LogP contribution in [-0.4, -0.2) is 28.8 Å². The maximum atomic E-state index is 11.6. The number of primary amides is 1. The first kappa shape index (κ1) is 17.5. The average molecular weight is 361 g/mol. The second kappa shape index (κ2) is 7.76. The molecule has 5 heteroatoms. The van der Waals surface area contributed by atoms with E-state index in [-0.39, 0.29) is 11.8 Å². The summed E-state index contributed by atoms with van der Waals surface area (Å²) < 4.78 is 1.95. The number of carbonyl (C=O) groups excluding carboxylic acids is 1. The van der Waals surface area contributed by atoms with Crippen LogP contribution in [0, 0.1) is 5.92 Å². The summed E-state index contributed by atoms with van der Waals surface area (Å²) in [6.45, 7) is 2.72. The molecule has 5 nitrogen and oxygen atoms in total. The molecule has 0 spiro atoms. The molecule has 0 saturated carbocycles. The summed E-state index contributed by atoms with van der Waals surface area (Å²) in [6, 6.07) is 20.5. The predicted octanol–water partition coefficient (Wildman–Crippen LogP) is 1.82. The number of hydrogen-bond acceptors (Lipinski definition) is 2. The van der Waals surface area contributed by atoms with Gasteiger partial charge in [-0.2, -0.15) is 5.10 Å². The Hall–Kier alpha value is -2.92. The van der Waals surface area contributed by atoms with Crippen LogP contribution in [0.2, 0.25) is 0 Å². The Morgan fingerprint density at radius 1 is 1.11 bits per heavy atom. The monoisotopic (exact) mass is 361 g/mol. The Labute approximate surface area is 159 Å². The third-order valence-electron chi connectivity index (χ3n) is 5.32. The summed E-state index contributed by atoms with van der Waals surface area (Å²) in [5.74, 6) is -0.187. The maximum absolute atomic E-state index is 11.6. The van der Waals surface area contributed by atoms with Gasteiger partial charge in [0, 0.05) is 11.8 Å². The molecule has 1 aromatic heterocycles. The van der Waals surface area contributed by atoms with Crippen LogP contribution < -0.4 is 10.6 Å². The van der Waals surface area contributed by atoms with Crippen molar-refractivity contribution in [1.82, 2.24) is 9.78 Å². The fourth-order valence-corrected chi connectivity index (χ4v) is 3.91.